The average Bonchev–Trinajstić information content (AvgIpc) is 3.53. The van der Waals surface area contributed by atoms with Gasteiger partial charge in [0.2, 0.25) is 17.7 Å². The molecular weight excluding hydrogens is 404 g/mol. The number of nitrogens with zero attached hydrogens (tertiary/aromatic N) is 2. The van der Waals surface area contributed by atoms with E-state index in [4.69, 9.17) is 0 Å². The Balaban J connectivity index is 1.33. The number of nitrogens with one attached hydrogen (secondary N) is 2. The Morgan fingerprint density at radius 3 is 2.70 bits per heavy atom. The first-order chi connectivity index (χ1) is 14.5. The molecule has 4 atom stereocenters. The van der Waals surface area contributed by atoms with Gasteiger partial charge >= 0.3 is 0 Å². The molecule has 0 bridgehead atoms. The summed E-state index contributed by atoms with van der Waals surface area (Å²) in [6.07, 6.45) is 4.98. The summed E-state index contributed by atoms with van der Waals surface area (Å²) in [5, 5.41) is 7.90. The van der Waals surface area contributed by atoms with Crippen LogP contribution in [0.4, 0.5) is 0 Å². The Morgan fingerprint density at radius 1 is 1.17 bits per heavy atom. The molecule has 3 saturated heterocycles. The standard InChI is InChI=1S/C21H26N4O4S/c26-18(12-4-1-2-5-12)22-13-10-15-19(27)23-14-7-8-24(17(14)21(29)25(15)11-13)20(28)16-6-3-9-30-16/h3,6,9,12-15,17H,1-2,4-5,7-8,10-11H2,(H,22,26)(H,23,27)/t13-,14+,15+,17-/m0/s1. The highest BCUT2D eigenvalue weighted by molar-refractivity contribution is 7.12. The molecule has 1 aromatic heterocycles. The van der Waals surface area contributed by atoms with Gasteiger partial charge in [0.15, 0.2) is 0 Å². The van der Waals surface area contributed by atoms with Crippen molar-refractivity contribution in [3.05, 3.63) is 22.4 Å². The molecule has 4 amide bonds. The highest BCUT2D eigenvalue weighted by Gasteiger charge is 2.52. The van der Waals surface area contributed by atoms with Crippen LogP contribution in [0.1, 0.15) is 48.2 Å². The third-order valence-electron chi connectivity index (χ3n) is 6.93. The molecule has 1 aromatic rings. The van der Waals surface area contributed by atoms with Gasteiger partial charge in [-0.2, -0.15) is 0 Å². The van der Waals surface area contributed by atoms with Gasteiger partial charge in [0, 0.05) is 25.0 Å². The van der Waals surface area contributed by atoms with Crippen LogP contribution >= 0.6 is 11.3 Å². The zero-order chi connectivity index (χ0) is 20.8. The van der Waals surface area contributed by atoms with E-state index in [1.54, 1.807) is 15.9 Å². The summed E-state index contributed by atoms with van der Waals surface area (Å²) in [6, 6.07) is 1.72. The largest absolute Gasteiger partial charge is 0.351 e. The molecule has 0 unspecified atom stereocenters. The molecule has 0 aromatic carbocycles. The van der Waals surface area contributed by atoms with Crippen LogP contribution in [0, 0.1) is 5.92 Å². The second-order valence-electron chi connectivity index (χ2n) is 8.75. The Kier molecular flexibility index (Phi) is 5.00. The smallest absolute Gasteiger partial charge is 0.264 e. The highest BCUT2D eigenvalue weighted by Crippen LogP contribution is 2.31. The fourth-order valence-corrected chi connectivity index (χ4v) is 6.09. The predicted octanol–water partition coefficient (Wildman–Crippen LogP) is 0.737. The SMILES string of the molecule is O=C(N[C@H]1C[C@@H]2C(=O)N[C@@H]3CCN(C(=O)c4cccs4)[C@@H]3C(=O)N2C1)C1CCCC1. The first kappa shape index (κ1) is 19.5. The lowest BCUT2D eigenvalue weighted by Gasteiger charge is -2.29. The van der Waals surface area contributed by atoms with Gasteiger partial charge in [-0.25, -0.2) is 0 Å². The predicted molar refractivity (Wildman–Crippen MR) is 110 cm³/mol. The number of likely N-dealkylation sites (tertiary alicyclic amines) is 1. The summed E-state index contributed by atoms with van der Waals surface area (Å²) >= 11 is 1.35. The maximum absolute atomic E-state index is 13.5. The van der Waals surface area contributed by atoms with Crippen LogP contribution in [0.25, 0.3) is 0 Å². The number of hydrogen-bond donors (Lipinski definition) is 2. The molecule has 160 valence electrons. The van der Waals surface area contributed by atoms with E-state index in [1.165, 1.54) is 11.3 Å². The molecule has 30 heavy (non-hydrogen) atoms. The van der Waals surface area contributed by atoms with E-state index in [0.29, 0.717) is 30.8 Å². The van der Waals surface area contributed by atoms with Crippen LogP contribution in [-0.2, 0) is 14.4 Å². The fraction of sp³-hybridized carbons (Fsp3) is 0.619. The highest BCUT2D eigenvalue weighted by atomic mass is 32.1. The van der Waals surface area contributed by atoms with E-state index in [9.17, 15) is 19.2 Å². The van der Waals surface area contributed by atoms with E-state index in [0.717, 1.165) is 25.7 Å². The quantitative estimate of drug-likeness (QED) is 0.739. The summed E-state index contributed by atoms with van der Waals surface area (Å²) in [7, 11) is 0. The number of carbonyl (C=O) groups is 4. The molecule has 4 aliphatic rings. The van der Waals surface area contributed by atoms with Gasteiger partial charge in [0.05, 0.1) is 10.9 Å². The number of rotatable bonds is 3. The van der Waals surface area contributed by atoms with Crippen LogP contribution in [0.3, 0.4) is 0 Å². The second-order valence-corrected chi connectivity index (χ2v) is 9.70. The van der Waals surface area contributed by atoms with Gasteiger partial charge in [-0.3, -0.25) is 19.2 Å². The van der Waals surface area contributed by atoms with Crippen molar-refractivity contribution in [1.82, 2.24) is 20.4 Å². The summed E-state index contributed by atoms with van der Waals surface area (Å²) in [6.45, 7) is 0.762. The number of carbonyl (C=O) groups excluding carboxylic acids is 4. The molecule has 3 aliphatic heterocycles. The van der Waals surface area contributed by atoms with Gasteiger partial charge in [0.25, 0.3) is 5.91 Å². The lowest BCUT2D eigenvalue weighted by molar-refractivity contribution is -0.138. The number of fused-ring (bicyclic) bond motifs is 2. The van der Waals surface area contributed by atoms with E-state index < -0.39 is 12.1 Å². The number of amides is 4. The molecule has 1 aliphatic carbocycles. The van der Waals surface area contributed by atoms with Crippen molar-refractivity contribution >= 4 is 35.0 Å². The Hall–Kier alpha value is -2.42. The van der Waals surface area contributed by atoms with Crippen LogP contribution in [-0.4, -0.2) is 70.7 Å². The van der Waals surface area contributed by atoms with E-state index in [-0.39, 0.29) is 41.6 Å². The van der Waals surface area contributed by atoms with Crippen molar-refractivity contribution in [2.45, 2.75) is 62.7 Å². The van der Waals surface area contributed by atoms with Gasteiger partial charge in [-0.05, 0) is 37.1 Å². The molecule has 2 N–H and O–H groups in total. The molecular formula is C21H26N4O4S. The Bertz CT molecular complexity index is 866. The van der Waals surface area contributed by atoms with E-state index in [2.05, 4.69) is 10.6 Å². The second kappa shape index (κ2) is 7.68. The molecule has 0 spiro atoms. The normalized spacial score (nSPS) is 31.3. The van der Waals surface area contributed by atoms with Crippen LogP contribution < -0.4 is 10.6 Å². The molecule has 4 heterocycles. The van der Waals surface area contributed by atoms with Crippen molar-refractivity contribution in [2.75, 3.05) is 13.1 Å². The van der Waals surface area contributed by atoms with E-state index >= 15 is 0 Å². The summed E-state index contributed by atoms with van der Waals surface area (Å²) in [5.74, 6) is -0.449. The van der Waals surface area contributed by atoms with Crippen LogP contribution in [0.2, 0.25) is 0 Å². The monoisotopic (exact) mass is 430 g/mol. The molecule has 9 heteroatoms. The first-order valence-corrected chi connectivity index (χ1v) is 11.7. The van der Waals surface area contributed by atoms with Crippen molar-refractivity contribution in [3.63, 3.8) is 0 Å². The minimum absolute atomic E-state index is 0.0382. The van der Waals surface area contributed by atoms with E-state index in [1.807, 2.05) is 11.4 Å². The van der Waals surface area contributed by atoms with Crippen molar-refractivity contribution in [2.24, 2.45) is 5.92 Å². The molecule has 0 radical (unpaired) electrons. The average molecular weight is 431 g/mol. The first-order valence-electron chi connectivity index (χ1n) is 10.8. The lowest BCUT2D eigenvalue weighted by Crippen LogP contribution is -2.52. The summed E-state index contributed by atoms with van der Waals surface area (Å²) in [4.78, 5) is 55.6. The van der Waals surface area contributed by atoms with Gasteiger partial charge in [-0.15, -0.1) is 11.3 Å². The molecule has 5 rings (SSSR count). The molecule has 4 fully saturated rings. The maximum Gasteiger partial charge on any atom is 0.264 e. The minimum Gasteiger partial charge on any atom is -0.351 e. The zero-order valence-electron chi connectivity index (χ0n) is 16.7. The summed E-state index contributed by atoms with van der Waals surface area (Å²) in [5.41, 5.74) is 0. The zero-order valence-corrected chi connectivity index (χ0v) is 17.5. The molecule has 1 saturated carbocycles. The van der Waals surface area contributed by atoms with Gasteiger partial charge in [0.1, 0.15) is 12.1 Å². The fourth-order valence-electron chi connectivity index (χ4n) is 5.41. The van der Waals surface area contributed by atoms with Gasteiger partial charge in [-0.1, -0.05) is 18.9 Å². The van der Waals surface area contributed by atoms with Crippen molar-refractivity contribution in [1.29, 1.82) is 0 Å². The third-order valence-corrected chi connectivity index (χ3v) is 7.79. The molecule has 8 nitrogen and oxygen atoms in total. The van der Waals surface area contributed by atoms with Crippen molar-refractivity contribution < 1.29 is 19.2 Å². The maximum atomic E-state index is 13.5. The lowest BCUT2D eigenvalue weighted by atomic mass is 10.1. The van der Waals surface area contributed by atoms with Crippen molar-refractivity contribution in [3.8, 4) is 0 Å². The Morgan fingerprint density at radius 2 is 1.97 bits per heavy atom. The number of thiophene rings is 1. The topological polar surface area (TPSA) is 98.8 Å². The summed E-state index contributed by atoms with van der Waals surface area (Å²) < 4.78 is 0. The van der Waals surface area contributed by atoms with Crippen LogP contribution in [0.15, 0.2) is 17.5 Å². The van der Waals surface area contributed by atoms with Crippen LogP contribution in [0.5, 0.6) is 0 Å². The third kappa shape index (κ3) is 3.29. The minimum atomic E-state index is -0.683. The Labute approximate surface area is 179 Å². The van der Waals surface area contributed by atoms with Gasteiger partial charge < -0.3 is 20.4 Å². The number of hydrogen-bond acceptors (Lipinski definition) is 5.